The minimum atomic E-state index is 0. The third kappa shape index (κ3) is 7.06. The number of nitrogens with two attached hydrogens (primary N) is 1. The molecule has 0 heterocycles. The predicted molar refractivity (Wildman–Crippen MR) is 104 cm³/mol. The van der Waals surface area contributed by atoms with Gasteiger partial charge in [0.25, 0.3) is 0 Å². The molecule has 1 saturated carbocycles. The summed E-state index contributed by atoms with van der Waals surface area (Å²) in [5.74, 6) is 1.08. The Bertz CT molecular complexity index is 531. The van der Waals surface area contributed by atoms with E-state index in [0.29, 0.717) is 25.0 Å². The van der Waals surface area contributed by atoms with Gasteiger partial charge in [-0.1, -0.05) is 18.9 Å². The molecule has 2 rings (SSSR count). The Balaban J connectivity index is 0.00000264. The standard InChI is InChI=1S/C16H24N4O2.HI/c1-22-14-8-4-7-13(11-14)20-16(17)18-10-9-15(21)19-12-5-2-3-6-12;/h4,7-8,11-12H,2-3,5-6,9-10H2,1H3,(H,19,21)(H3,17,18,20);1H. The van der Waals surface area contributed by atoms with Crippen molar-refractivity contribution < 1.29 is 9.53 Å². The molecule has 0 unspecified atom stereocenters. The number of carbonyl (C=O) groups is 1. The van der Waals surface area contributed by atoms with Gasteiger partial charge in [-0.2, -0.15) is 0 Å². The molecule has 0 saturated heterocycles. The first-order chi connectivity index (χ1) is 10.7. The third-order valence-corrected chi connectivity index (χ3v) is 3.68. The summed E-state index contributed by atoms with van der Waals surface area (Å²) >= 11 is 0. The van der Waals surface area contributed by atoms with Gasteiger partial charge in [-0.25, -0.2) is 0 Å². The first-order valence-electron chi connectivity index (χ1n) is 7.68. The Morgan fingerprint density at radius 2 is 2.13 bits per heavy atom. The highest BCUT2D eigenvalue weighted by Crippen LogP contribution is 2.17. The van der Waals surface area contributed by atoms with Gasteiger partial charge in [0.15, 0.2) is 5.96 Å². The van der Waals surface area contributed by atoms with Gasteiger partial charge in [0, 0.05) is 24.2 Å². The van der Waals surface area contributed by atoms with Gasteiger partial charge in [0.1, 0.15) is 5.75 Å². The van der Waals surface area contributed by atoms with Crippen LogP contribution in [0.4, 0.5) is 5.69 Å². The molecule has 1 aromatic rings. The fourth-order valence-corrected chi connectivity index (χ4v) is 2.54. The van der Waals surface area contributed by atoms with E-state index in [1.165, 1.54) is 12.8 Å². The van der Waals surface area contributed by atoms with E-state index < -0.39 is 0 Å². The number of methoxy groups -OCH3 is 1. The first kappa shape index (κ1) is 19.5. The number of hydrogen-bond acceptors (Lipinski definition) is 3. The van der Waals surface area contributed by atoms with Crippen molar-refractivity contribution in [3.63, 3.8) is 0 Å². The lowest BCUT2D eigenvalue weighted by Gasteiger charge is -2.11. The Labute approximate surface area is 154 Å². The highest BCUT2D eigenvalue weighted by molar-refractivity contribution is 14.0. The summed E-state index contributed by atoms with van der Waals surface area (Å²) in [6.07, 6.45) is 4.96. The van der Waals surface area contributed by atoms with E-state index in [9.17, 15) is 4.79 Å². The van der Waals surface area contributed by atoms with Crippen molar-refractivity contribution in [2.75, 3.05) is 19.0 Å². The monoisotopic (exact) mass is 432 g/mol. The number of aliphatic imine (C=N–C) groups is 1. The van der Waals surface area contributed by atoms with E-state index in [1.54, 1.807) is 7.11 Å². The number of ether oxygens (including phenoxy) is 1. The molecule has 1 aliphatic rings. The number of nitrogens with zero attached hydrogens (tertiary/aromatic N) is 1. The van der Waals surface area contributed by atoms with Crippen molar-refractivity contribution in [2.24, 2.45) is 10.7 Å². The molecule has 6 nitrogen and oxygen atoms in total. The number of guanidine groups is 1. The molecule has 0 spiro atoms. The van der Waals surface area contributed by atoms with Crippen LogP contribution in [0.1, 0.15) is 32.1 Å². The quantitative estimate of drug-likeness (QED) is 0.366. The molecule has 1 amide bonds. The highest BCUT2D eigenvalue weighted by Gasteiger charge is 2.16. The number of anilines is 1. The molecule has 1 aromatic carbocycles. The largest absolute Gasteiger partial charge is 0.497 e. The lowest BCUT2D eigenvalue weighted by molar-refractivity contribution is -0.121. The number of amides is 1. The number of hydrogen-bond donors (Lipinski definition) is 3. The molecule has 0 atom stereocenters. The zero-order valence-corrected chi connectivity index (χ0v) is 15.7. The predicted octanol–water partition coefficient (Wildman–Crippen LogP) is 2.49. The zero-order chi connectivity index (χ0) is 15.8. The maximum absolute atomic E-state index is 11.8. The normalized spacial score (nSPS) is 14.9. The lowest BCUT2D eigenvalue weighted by Crippen LogP contribution is -2.33. The Morgan fingerprint density at radius 3 is 2.83 bits per heavy atom. The molecule has 1 aliphatic carbocycles. The molecule has 23 heavy (non-hydrogen) atoms. The second-order valence-electron chi connectivity index (χ2n) is 5.42. The number of benzene rings is 1. The van der Waals surface area contributed by atoms with E-state index in [0.717, 1.165) is 24.3 Å². The topological polar surface area (TPSA) is 88.7 Å². The molecule has 7 heteroatoms. The van der Waals surface area contributed by atoms with Crippen molar-refractivity contribution in [3.05, 3.63) is 24.3 Å². The minimum Gasteiger partial charge on any atom is -0.497 e. The summed E-state index contributed by atoms with van der Waals surface area (Å²) in [5.41, 5.74) is 6.62. The molecule has 4 N–H and O–H groups in total. The zero-order valence-electron chi connectivity index (χ0n) is 13.4. The van der Waals surface area contributed by atoms with Gasteiger partial charge in [-0.15, -0.1) is 24.0 Å². The molecule has 0 aliphatic heterocycles. The molecule has 0 bridgehead atoms. The van der Waals surface area contributed by atoms with Crippen LogP contribution in [-0.4, -0.2) is 31.6 Å². The number of nitrogens with one attached hydrogen (secondary N) is 2. The van der Waals surface area contributed by atoms with Gasteiger partial charge in [0.05, 0.1) is 13.7 Å². The SMILES string of the molecule is COc1cccc(NC(N)=NCCC(=O)NC2CCCC2)c1.I. The molecule has 1 fully saturated rings. The van der Waals surface area contributed by atoms with E-state index >= 15 is 0 Å². The summed E-state index contributed by atoms with van der Waals surface area (Å²) in [6.45, 7) is 0.376. The van der Waals surface area contributed by atoms with Crippen molar-refractivity contribution in [3.8, 4) is 5.75 Å². The molecule has 128 valence electrons. The van der Waals surface area contributed by atoms with Gasteiger partial charge >= 0.3 is 0 Å². The number of rotatable bonds is 6. The molecular weight excluding hydrogens is 407 g/mol. The Hall–Kier alpha value is -1.51. The van der Waals surface area contributed by atoms with Crippen LogP contribution in [0.5, 0.6) is 5.75 Å². The second kappa shape index (κ2) is 10.3. The number of halogens is 1. The summed E-state index contributed by atoms with van der Waals surface area (Å²) in [7, 11) is 1.61. The maximum atomic E-state index is 11.8. The van der Waals surface area contributed by atoms with Crippen LogP contribution in [0, 0.1) is 0 Å². The van der Waals surface area contributed by atoms with E-state index in [4.69, 9.17) is 10.5 Å². The smallest absolute Gasteiger partial charge is 0.222 e. The summed E-state index contributed by atoms with van der Waals surface area (Å²) in [4.78, 5) is 15.9. The van der Waals surface area contributed by atoms with Gasteiger partial charge in [-0.05, 0) is 25.0 Å². The summed E-state index contributed by atoms with van der Waals surface area (Å²) in [5, 5.41) is 6.01. The van der Waals surface area contributed by atoms with Crippen molar-refractivity contribution >= 4 is 41.5 Å². The van der Waals surface area contributed by atoms with Gasteiger partial charge in [0.2, 0.25) is 5.91 Å². The van der Waals surface area contributed by atoms with Crippen molar-refractivity contribution in [1.29, 1.82) is 0 Å². The average Bonchev–Trinajstić information content (AvgIpc) is 3.00. The van der Waals surface area contributed by atoms with Crippen LogP contribution in [0.15, 0.2) is 29.3 Å². The molecule has 0 radical (unpaired) electrons. The van der Waals surface area contributed by atoms with Crippen LogP contribution in [0.2, 0.25) is 0 Å². The average molecular weight is 432 g/mol. The minimum absolute atomic E-state index is 0. The summed E-state index contributed by atoms with van der Waals surface area (Å²) < 4.78 is 5.14. The van der Waals surface area contributed by atoms with E-state index in [1.807, 2.05) is 24.3 Å². The van der Waals surface area contributed by atoms with E-state index in [2.05, 4.69) is 15.6 Å². The fraction of sp³-hybridized carbons (Fsp3) is 0.500. The van der Waals surface area contributed by atoms with Crippen LogP contribution >= 0.6 is 24.0 Å². The van der Waals surface area contributed by atoms with Gasteiger partial charge in [-0.3, -0.25) is 9.79 Å². The maximum Gasteiger partial charge on any atom is 0.222 e. The van der Waals surface area contributed by atoms with Crippen LogP contribution in [-0.2, 0) is 4.79 Å². The van der Waals surface area contributed by atoms with Crippen LogP contribution in [0.3, 0.4) is 0 Å². The van der Waals surface area contributed by atoms with Crippen molar-refractivity contribution in [2.45, 2.75) is 38.1 Å². The second-order valence-corrected chi connectivity index (χ2v) is 5.42. The fourth-order valence-electron chi connectivity index (χ4n) is 2.54. The van der Waals surface area contributed by atoms with Crippen LogP contribution < -0.4 is 21.1 Å². The lowest BCUT2D eigenvalue weighted by atomic mass is 10.2. The van der Waals surface area contributed by atoms with Crippen molar-refractivity contribution in [1.82, 2.24) is 5.32 Å². The summed E-state index contributed by atoms with van der Waals surface area (Å²) in [6, 6.07) is 7.77. The molecule has 0 aromatic heterocycles. The highest BCUT2D eigenvalue weighted by atomic mass is 127. The molecular formula is C16H25IN4O2. The first-order valence-corrected chi connectivity index (χ1v) is 7.68. The van der Waals surface area contributed by atoms with Gasteiger partial charge < -0.3 is 21.1 Å². The Morgan fingerprint density at radius 1 is 1.39 bits per heavy atom. The Kier molecular flexibility index (Phi) is 8.75. The third-order valence-electron chi connectivity index (χ3n) is 3.68. The van der Waals surface area contributed by atoms with Crippen LogP contribution in [0.25, 0.3) is 0 Å². The number of carbonyl (C=O) groups excluding carboxylic acids is 1. The van der Waals surface area contributed by atoms with E-state index in [-0.39, 0.29) is 29.9 Å².